The van der Waals surface area contributed by atoms with E-state index in [1.54, 1.807) is 17.9 Å². The molecule has 0 spiro atoms. The number of carbonyl (C=O) groups excluding carboxylic acids is 1. The first kappa shape index (κ1) is 23.1. The van der Waals surface area contributed by atoms with Gasteiger partial charge < -0.3 is 9.80 Å². The van der Waals surface area contributed by atoms with Crippen LogP contribution in [0.1, 0.15) is 54.1 Å². The molecule has 0 aliphatic carbocycles. The maximum absolute atomic E-state index is 13.2. The Morgan fingerprint density at radius 3 is 2.39 bits per heavy atom. The van der Waals surface area contributed by atoms with Crippen LogP contribution < -0.4 is 9.62 Å². The molecule has 0 bridgehead atoms. The highest BCUT2D eigenvalue weighted by Crippen LogP contribution is 2.21. The summed E-state index contributed by atoms with van der Waals surface area (Å²) in [4.78, 5) is 26.4. The molecule has 31 heavy (non-hydrogen) atoms. The quantitative estimate of drug-likeness (QED) is 0.734. The van der Waals surface area contributed by atoms with Crippen molar-refractivity contribution in [1.82, 2.24) is 19.6 Å². The van der Waals surface area contributed by atoms with Crippen LogP contribution in [-0.4, -0.2) is 61.9 Å². The van der Waals surface area contributed by atoms with E-state index < -0.39 is 10.0 Å². The Hall–Kier alpha value is -2.52. The second-order valence-electron chi connectivity index (χ2n) is 8.14. The summed E-state index contributed by atoms with van der Waals surface area (Å²) in [5.41, 5.74) is 2.12. The lowest BCUT2D eigenvalue weighted by molar-refractivity contribution is 0.0745. The number of benzene rings is 1. The van der Waals surface area contributed by atoms with E-state index in [1.807, 2.05) is 19.9 Å². The third-order valence-corrected chi connectivity index (χ3v) is 6.89. The number of nitrogens with one attached hydrogen (secondary N) is 1. The van der Waals surface area contributed by atoms with E-state index in [4.69, 9.17) is 4.98 Å². The molecule has 168 valence electrons. The number of sulfonamides is 1. The number of hydrogen-bond donors (Lipinski definition) is 1. The molecule has 1 N–H and O–H groups in total. The van der Waals surface area contributed by atoms with Crippen LogP contribution in [0.15, 0.2) is 29.2 Å². The van der Waals surface area contributed by atoms with Crippen molar-refractivity contribution < 1.29 is 13.2 Å². The van der Waals surface area contributed by atoms with Gasteiger partial charge in [-0.05, 0) is 31.5 Å². The summed E-state index contributed by atoms with van der Waals surface area (Å²) in [6.07, 6.45) is 0. The molecule has 1 aliphatic rings. The number of aromatic nitrogens is 2. The van der Waals surface area contributed by atoms with Gasteiger partial charge in [0.25, 0.3) is 5.91 Å². The highest BCUT2D eigenvalue weighted by Gasteiger charge is 2.26. The summed E-state index contributed by atoms with van der Waals surface area (Å²) in [6.45, 7) is 12.4. The second-order valence-corrected chi connectivity index (χ2v) is 9.90. The molecule has 1 aromatic carbocycles. The van der Waals surface area contributed by atoms with E-state index in [0.29, 0.717) is 38.3 Å². The van der Waals surface area contributed by atoms with E-state index in [-0.39, 0.29) is 16.7 Å². The van der Waals surface area contributed by atoms with Gasteiger partial charge in [0, 0.05) is 56.0 Å². The van der Waals surface area contributed by atoms with Gasteiger partial charge in [0.1, 0.15) is 11.6 Å². The standard InChI is InChI=1S/C22H31N5O3S/c1-6-23-31(29,30)18-8-7-16(4)19(14-18)22(28)27-11-9-26(10-12-27)20-13-17(5)24-21(25-20)15(2)3/h7-8,13-15,23H,6,9-12H2,1-5H3. The Morgan fingerprint density at radius 1 is 1.10 bits per heavy atom. The number of nitrogens with zero attached hydrogens (tertiary/aromatic N) is 4. The fourth-order valence-corrected chi connectivity index (χ4v) is 4.64. The van der Waals surface area contributed by atoms with E-state index >= 15 is 0 Å². The molecule has 8 nitrogen and oxygen atoms in total. The molecule has 9 heteroatoms. The topological polar surface area (TPSA) is 95.5 Å². The van der Waals surface area contributed by atoms with Crippen LogP contribution in [0.2, 0.25) is 0 Å². The van der Waals surface area contributed by atoms with Gasteiger partial charge in [-0.3, -0.25) is 4.79 Å². The maximum atomic E-state index is 13.2. The van der Waals surface area contributed by atoms with Crippen molar-refractivity contribution in [1.29, 1.82) is 0 Å². The number of amides is 1. The minimum atomic E-state index is -3.62. The van der Waals surface area contributed by atoms with Crippen molar-refractivity contribution in [3.8, 4) is 0 Å². The third-order valence-electron chi connectivity index (χ3n) is 5.35. The van der Waals surface area contributed by atoms with Crippen molar-refractivity contribution in [3.63, 3.8) is 0 Å². The van der Waals surface area contributed by atoms with Gasteiger partial charge in [-0.1, -0.05) is 26.8 Å². The zero-order chi connectivity index (χ0) is 22.8. The molecule has 1 aliphatic heterocycles. The zero-order valence-electron chi connectivity index (χ0n) is 18.8. The van der Waals surface area contributed by atoms with Gasteiger partial charge in [-0.2, -0.15) is 0 Å². The fourth-order valence-electron chi connectivity index (χ4n) is 3.58. The van der Waals surface area contributed by atoms with Crippen molar-refractivity contribution in [3.05, 3.63) is 46.9 Å². The molecule has 1 amide bonds. The Labute approximate surface area is 184 Å². The van der Waals surface area contributed by atoms with Gasteiger partial charge in [-0.15, -0.1) is 0 Å². The first-order valence-electron chi connectivity index (χ1n) is 10.6. The zero-order valence-corrected chi connectivity index (χ0v) is 19.7. The Morgan fingerprint density at radius 2 is 1.77 bits per heavy atom. The lowest BCUT2D eigenvalue weighted by Crippen LogP contribution is -2.49. The average Bonchev–Trinajstić information content (AvgIpc) is 2.73. The van der Waals surface area contributed by atoms with Gasteiger partial charge in [0.05, 0.1) is 4.90 Å². The number of piperazine rings is 1. The summed E-state index contributed by atoms with van der Waals surface area (Å²) in [5, 5.41) is 0. The van der Waals surface area contributed by atoms with Crippen LogP contribution in [0.4, 0.5) is 5.82 Å². The molecule has 3 rings (SSSR count). The lowest BCUT2D eigenvalue weighted by atomic mass is 10.1. The highest BCUT2D eigenvalue weighted by molar-refractivity contribution is 7.89. The van der Waals surface area contributed by atoms with Crippen molar-refractivity contribution in [2.75, 3.05) is 37.6 Å². The van der Waals surface area contributed by atoms with Crippen LogP contribution in [0.5, 0.6) is 0 Å². The third kappa shape index (κ3) is 5.22. The van der Waals surface area contributed by atoms with Crippen molar-refractivity contribution >= 4 is 21.7 Å². The van der Waals surface area contributed by atoms with E-state index in [1.165, 1.54) is 12.1 Å². The number of anilines is 1. The number of carbonyl (C=O) groups is 1. The summed E-state index contributed by atoms with van der Waals surface area (Å²) in [6, 6.07) is 6.67. The predicted molar refractivity (Wildman–Crippen MR) is 121 cm³/mol. The molecule has 1 saturated heterocycles. The molecule has 0 saturated carbocycles. The molecule has 2 heterocycles. The van der Waals surface area contributed by atoms with E-state index in [9.17, 15) is 13.2 Å². The van der Waals surface area contributed by atoms with Crippen LogP contribution in [0.3, 0.4) is 0 Å². The van der Waals surface area contributed by atoms with Gasteiger partial charge >= 0.3 is 0 Å². The van der Waals surface area contributed by atoms with Gasteiger partial charge in [0.15, 0.2) is 0 Å². The summed E-state index contributed by atoms with van der Waals surface area (Å²) in [7, 11) is -3.62. The minimum Gasteiger partial charge on any atom is -0.353 e. The molecule has 1 aromatic heterocycles. The molecule has 0 atom stereocenters. The Kier molecular flexibility index (Phi) is 6.96. The monoisotopic (exact) mass is 445 g/mol. The number of rotatable bonds is 6. The van der Waals surface area contributed by atoms with Crippen LogP contribution in [-0.2, 0) is 10.0 Å². The minimum absolute atomic E-state index is 0.111. The van der Waals surface area contributed by atoms with Crippen molar-refractivity contribution in [2.24, 2.45) is 0 Å². The van der Waals surface area contributed by atoms with Crippen LogP contribution >= 0.6 is 0 Å². The first-order chi connectivity index (χ1) is 14.6. The predicted octanol–water partition coefficient (Wildman–Crippen LogP) is 2.48. The second kappa shape index (κ2) is 9.32. The fraction of sp³-hybridized carbons (Fsp3) is 0.500. The molecular weight excluding hydrogens is 414 g/mol. The molecular formula is C22H31N5O3S. The summed E-state index contributed by atoms with van der Waals surface area (Å²) in [5.74, 6) is 1.81. The molecule has 1 fully saturated rings. The van der Waals surface area contributed by atoms with Gasteiger partial charge in [-0.25, -0.2) is 23.1 Å². The highest BCUT2D eigenvalue weighted by atomic mass is 32.2. The molecule has 0 radical (unpaired) electrons. The smallest absolute Gasteiger partial charge is 0.254 e. The summed E-state index contributed by atoms with van der Waals surface area (Å²) < 4.78 is 27.2. The van der Waals surface area contributed by atoms with E-state index in [2.05, 4.69) is 28.5 Å². The maximum Gasteiger partial charge on any atom is 0.254 e. The molecule has 0 unspecified atom stereocenters. The van der Waals surface area contributed by atoms with E-state index in [0.717, 1.165) is 22.9 Å². The van der Waals surface area contributed by atoms with Crippen LogP contribution in [0.25, 0.3) is 0 Å². The SMILES string of the molecule is CCNS(=O)(=O)c1ccc(C)c(C(=O)N2CCN(c3cc(C)nc(C(C)C)n3)CC2)c1. The number of aryl methyl sites for hydroxylation is 2. The molecule has 2 aromatic rings. The normalized spacial score (nSPS) is 14.9. The van der Waals surface area contributed by atoms with Crippen molar-refractivity contribution in [2.45, 2.75) is 45.4 Å². The lowest BCUT2D eigenvalue weighted by Gasteiger charge is -2.36. The Bertz CT molecular complexity index is 1060. The first-order valence-corrected chi connectivity index (χ1v) is 12.1. The Balaban J connectivity index is 1.75. The van der Waals surface area contributed by atoms with Crippen LogP contribution in [0, 0.1) is 13.8 Å². The summed E-state index contributed by atoms with van der Waals surface area (Å²) >= 11 is 0. The van der Waals surface area contributed by atoms with Gasteiger partial charge in [0.2, 0.25) is 10.0 Å². The number of hydrogen-bond acceptors (Lipinski definition) is 6. The average molecular weight is 446 g/mol. The largest absolute Gasteiger partial charge is 0.353 e.